The third-order valence-electron chi connectivity index (χ3n) is 17.8. The van der Waals surface area contributed by atoms with E-state index >= 15 is 0 Å². The van der Waals surface area contributed by atoms with Crippen LogP contribution in [-0.4, -0.2) is 193 Å². The SMILES string of the molecule is CCCC/C=C/CC/C=C/C(O)C(COC1OC(CO)C(OC2OC(CO)C(OC3OC(CO)C(O)C(O)C3O)C(O)C2O)C(O)C1O)NC(=O)CCCCCCCCCCCCCCCCCCCCCCCCCCCCCCCCCCCC. The molecule has 1 amide bonds. The summed E-state index contributed by atoms with van der Waals surface area (Å²) in [5, 5.41) is 120. The van der Waals surface area contributed by atoms with Crippen molar-refractivity contribution in [2.75, 3.05) is 26.4 Å². The van der Waals surface area contributed by atoms with Crippen molar-refractivity contribution < 1.29 is 89.4 Å². The molecule has 0 spiro atoms. The molecule has 0 aromatic rings. The molecule has 0 saturated carbocycles. The number of unbranched alkanes of at least 4 members (excludes halogenated alkanes) is 36. The van der Waals surface area contributed by atoms with Crippen LogP contribution in [0.15, 0.2) is 24.3 Å². The minimum Gasteiger partial charge on any atom is -0.394 e. The summed E-state index contributed by atoms with van der Waals surface area (Å²) in [5.74, 6) is -0.284. The summed E-state index contributed by atoms with van der Waals surface area (Å²) in [4.78, 5) is 13.3. The topological polar surface area (TPSA) is 307 Å². The molecule has 3 aliphatic heterocycles. The first-order chi connectivity index (χ1) is 42.3. The van der Waals surface area contributed by atoms with Crippen LogP contribution >= 0.6 is 0 Å². The van der Waals surface area contributed by atoms with Crippen molar-refractivity contribution in [3.05, 3.63) is 24.3 Å². The van der Waals surface area contributed by atoms with Gasteiger partial charge in [-0.1, -0.05) is 263 Å². The molecule has 3 aliphatic rings. The predicted octanol–water partition coefficient (Wildman–Crippen LogP) is 9.05. The number of allylic oxidation sites excluding steroid dienone is 3. The molecule has 17 atom stereocenters. The van der Waals surface area contributed by atoms with Crippen LogP contribution in [0.4, 0.5) is 0 Å². The molecule has 3 fully saturated rings. The highest BCUT2D eigenvalue weighted by molar-refractivity contribution is 5.76. The number of nitrogens with one attached hydrogen (secondary N) is 1. The van der Waals surface area contributed by atoms with E-state index in [2.05, 4.69) is 31.3 Å². The second-order valence-electron chi connectivity index (χ2n) is 25.3. The Labute approximate surface area is 524 Å². The Balaban J connectivity index is 1.29. The van der Waals surface area contributed by atoms with Gasteiger partial charge in [0.05, 0.1) is 38.6 Å². The van der Waals surface area contributed by atoms with Crippen molar-refractivity contribution in [1.29, 1.82) is 0 Å². The van der Waals surface area contributed by atoms with Gasteiger partial charge in [-0.3, -0.25) is 4.79 Å². The Morgan fingerprint density at radius 1 is 0.402 bits per heavy atom. The van der Waals surface area contributed by atoms with E-state index in [1.807, 2.05) is 6.08 Å². The first-order valence-electron chi connectivity index (χ1n) is 35.1. The minimum atomic E-state index is -1.98. The summed E-state index contributed by atoms with van der Waals surface area (Å²) in [6.07, 6.45) is 31.0. The lowest BCUT2D eigenvalue weighted by atomic mass is 9.96. The number of aliphatic hydroxyl groups excluding tert-OH is 11. The average molecular weight is 1250 g/mol. The number of carbonyl (C=O) groups excluding carboxylic acids is 1. The van der Waals surface area contributed by atoms with Crippen LogP contribution in [0.1, 0.15) is 271 Å². The van der Waals surface area contributed by atoms with Crippen LogP contribution in [0.3, 0.4) is 0 Å². The quantitative estimate of drug-likeness (QED) is 0.0200. The first-order valence-corrected chi connectivity index (χ1v) is 35.1. The van der Waals surface area contributed by atoms with E-state index in [0.29, 0.717) is 12.8 Å². The first kappa shape index (κ1) is 79.5. The van der Waals surface area contributed by atoms with Gasteiger partial charge >= 0.3 is 0 Å². The van der Waals surface area contributed by atoms with Crippen LogP contribution in [0.5, 0.6) is 0 Å². The number of carbonyl (C=O) groups is 1. The molecule has 512 valence electrons. The number of amides is 1. The zero-order chi connectivity index (χ0) is 63.3. The van der Waals surface area contributed by atoms with Crippen LogP contribution < -0.4 is 5.32 Å². The van der Waals surface area contributed by atoms with Gasteiger partial charge in [-0.15, -0.1) is 0 Å². The molecule has 87 heavy (non-hydrogen) atoms. The maximum Gasteiger partial charge on any atom is 0.220 e. The molecule has 0 bridgehead atoms. The van der Waals surface area contributed by atoms with E-state index in [1.165, 1.54) is 193 Å². The van der Waals surface area contributed by atoms with Crippen molar-refractivity contribution in [3.63, 3.8) is 0 Å². The van der Waals surface area contributed by atoms with Gasteiger partial charge in [0.2, 0.25) is 5.91 Å². The summed E-state index contributed by atoms with van der Waals surface area (Å²) in [7, 11) is 0. The fourth-order valence-corrected chi connectivity index (χ4v) is 12.0. The Kier molecular flexibility index (Phi) is 46.4. The molecule has 0 aliphatic carbocycles. The number of aliphatic hydroxyl groups is 11. The molecule has 0 radical (unpaired) electrons. The van der Waals surface area contributed by atoms with E-state index in [1.54, 1.807) is 6.08 Å². The zero-order valence-electron chi connectivity index (χ0n) is 54.0. The molecule has 12 N–H and O–H groups in total. The molecule has 0 aromatic heterocycles. The van der Waals surface area contributed by atoms with Gasteiger partial charge in [-0.05, 0) is 25.7 Å². The highest BCUT2D eigenvalue weighted by atomic mass is 16.8. The fourth-order valence-electron chi connectivity index (χ4n) is 12.0. The second-order valence-corrected chi connectivity index (χ2v) is 25.3. The number of hydrogen-bond donors (Lipinski definition) is 12. The Morgan fingerprint density at radius 3 is 1.14 bits per heavy atom. The lowest BCUT2D eigenvalue weighted by Crippen LogP contribution is -2.66. The minimum absolute atomic E-state index is 0.240. The number of rotatable bonds is 54. The summed E-state index contributed by atoms with van der Waals surface area (Å²) < 4.78 is 34.2. The standard InChI is InChI=1S/C68H127NO18/c1-3-5-7-9-11-13-14-15-16-17-18-19-20-21-22-23-24-25-26-27-28-29-30-31-32-33-34-35-36-37-38-40-42-44-46-56(74)69-51(52(73)45-43-41-39-12-10-8-6-4-2)50-82-66-62(80)59(77)64(54(48-71)84-66)87-68-63(81)60(78)65(55(49-72)85-68)86-67-61(79)58(76)57(75)53(47-70)83-67/h10,12,43,45,51-55,57-68,70-73,75-81H,3-9,11,13-42,44,46-50H2,1-2H3,(H,69,74)/b12-10+,45-43+. The van der Waals surface area contributed by atoms with E-state index in [4.69, 9.17) is 28.4 Å². The van der Waals surface area contributed by atoms with Gasteiger partial charge in [0.1, 0.15) is 73.2 Å². The molecule has 3 heterocycles. The zero-order valence-corrected chi connectivity index (χ0v) is 54.0. The van der Waals surface area contributed by atoms with Gasteiger partial charge in [0.25, 0.3) is 0 Å². The van der Waals surface area contributed by atoms with E-state index < -0.39 is 124 Å². The monoisotopic (exact) mass is 1250 g/mol. The predicted molar refractivity (Wildman–Crippen MR) is 337 cm³/mol. The van der Waals surface area contributed by atoms with Crippen molar-refractivity contribution in [1.82, 2.24) is 5.32 Å². The Morgan fingerprint density at radius 2 is 0.736 bits per heavy atom. The highest BCUT2D eigenvalue weighted by Gasteiger charge is 2.53. The lowest BCUT2D eigenvalue weighted by molar-refractivity contribution is -0.379. The van der Waals surface area contributed by atoms with E-state index in [0.717, 1.165) is 44.9 Å². The third-order valence-corrected chi connectivity index (χ3v) is 17.8. The van der Waals surface area contributed by atoms with Gasteiger partial charge in [0, 0.05) is 6.42 Å². The van der Waals surface area contributed by atoms with Crippen molar-refractivity contribution in [2.24, 2.45) is 0 Å². The Bertz CT molecular complexity index is 1680. The molecule has 0 aromatic carbocycles. The molecule has 19 heteroatoms. The molecule has 17 unspecified atom stereocenters. The molecule has 3 rings (SSSR count). The maximum absolute atomic E-state index is 13.3. The van der Waals surface area contributed by atoms with Crippen LogP contribution in [0, 0.1) is 0 Å². The molecular formula is C68H127NO18. The molecule has 19 nitrogen and oxygen atoms in total. The average Bonchev–Trinajstić information content (AvgIpc) is 1.79. The summed E-state index contributed by atoms with van der Waals surface area (Å²) in [6, 6.07) is -0.984. The molecular weight excluding hydrogens is 1120 g/mol. The largest absolute Gasteiger partial charge is 0.394 e. The number of hydrogen-bond acceptors (Lipinski definition) is 18. The van der Waals surface area contributed by atoms with Crippen LogP contribution in [0.25, 0.3) is 0 Å². The van der Waals surface area contributed by atoms with Crippen molar-refractivity contribution in [3.8, 4) is 0 Å². The van der Waals surface area contributed by atoms with Gasteiger partial charge < -0.3 is 89.9 Å². The molecule has 3 saturated heterocycles. The maximum atomic E-state index is 13.3. The summed E-state index contributed by atoms with van der Waals surface area (Å²) >= 11 is 0. The summed E-state index contributed by atoms with van der Waals surface area (Å²) in [6.45, 7) is 1.64. The highest BCUT2D eigenvalue weighted by Crippen LogP contribution is 2.33. The summed E-state index contributed by atoms with van der Waals surface area (Å²) in [5.41, 5.74) is 0. The van der Waals surface area contributed by atoms with Gasteiger partial charge in [-0.25, -0.2) is 0 Å². The third kappa shape index (κ3) is 33.1. The fraction of sp³-hybridized carbons (Fsp3) is 0.926. The van der Waals surface area contributed by atoms with Crippen molar-refractivity contribution >= 4 is 5.91 Å². The lowest BCUT2D eigenvalue weighted by Gasteiger charge is -2.48. The van der Waals surface area contributed by atoms with Crippen molar-refractivity contribution in [2.45, 2.75) is 375 Å². The van der Waals surface area contributed by atoms with Crippen LogP contribution in [-0.2, 0) is 33.2 Å². The van der Waals surface area contributed by atoms with Crippen LogP contribution in [0.2, 0.25) is 0 Å². The Hall–Kier alpha value is -1.73. The van der Waals surface area contributed by atoms with Gasteiger partial charge in [0.15, 0.2) is 18.9 Å². The number of ether oxygens (including phenoxy) is 6. The second kappa shape index (κ2) is 50.8. The smallest absolute Gasteiger partial charge is 0.220 e. The van der Waals surface area contributed by atoms with Gasteiger partial charge in [-0.2, -0.15) is 0 Å². The van der Waals surface area contributed by atoms with E-state index in [-0.39, 0.29) is 18.9 Å². The van der Waals surface area contributed by atoms with E-state index in [9.17, 15) is 61.0 Å². The normalized spacial score (nSPS) is 28.7.